The highest BCUT2D eigenvalue weighted by Crippen LogP contribution is 2.38. The first kappa shape index (κ1) is 15.7. The van der Waals surface area contributed by atoms with E-state index in [2.05, 4.69) is 5.32 Å². The molecule has 20 heavy (non-hydrogen) atoms. The Morgan fingerprint density at radius 1 is 1.35 bits per heavy atom. The zero-order chi connectivity index (χ0) is 14.6. The maximum Gasteiger partial charge on any atom is 0.220 e. The third kappa shape index (κ3) is 3.51. The van der Waals surface area contributed by atoms with Crippen molar-refractivity contribution in [2.75, 3.05) is 19.7 Å². The molecule has 0 bridgehead atoms. The Morgan fingerprint density at radius 2 is 2.05 bits per heavy atom. The van der Waals surface area contributed by atoms with Crippen LogP contribution < -0.4 is 11.1 Å². The number of carbonyl (C=O) groups is 1. The first-order valence-corrected chi connectivity index (χ1v) is 7.80. The molecule has 116 valence electrons. The monoisotopic (exact) mass is 284 g/mol. The second-order valence-electron chi connectivity index (χ2n) is 6.58. The van der Waals surface area contributed by atoms with Crippen molar-refractivity contribution in [2.45, 2.75) is 63.6 Å². The van der Waals surface area contributed by atoms with Gasteiger partial charge in [-0.15, -0.1) is 0 Å². The molecule has 1 amide bonds. The molecule has 2 atom stereocenters. The Labute approximate surface area is 121 Å². The highest BCUT2D eigenvalue weighted by molar-refractivity contribution is 5.76. The van der Waals surface area contributed by atoms with Crippen LogP contribution in [0.1, 0.15) is 51.9 Å². The molecular formula is C15H28N2O3. The Kier molecular flexibility index (Phi) is 5.04. The van der Waals surface area contributed by atoms with Gasteiger partial charge in [0.05, 0.1) is 6.10 Å². The second-order valence-corrected chi connectivity index (χ2v) is 6.58. The summed E-state index contributed by atoms with van der Waals surface area (Å²) in [4.78, 5) is 12.2. The Balaban J connectivity index is 1.82. The molecule has 2 fully saturated rings. The van der Waals surface area contributed by atoms with Crippen molar-refractivity contribution >= 4 is 5.91 Å². The molecule has 5 nitrogen and oxygen atoms in total. The standard InChI is InChI=1S/C15H28N2O3/c1-12-15(19,7-8-20-12)11-17-13(18)9-14(10-16)5-3-2-4-6-14/h12,19H,2-11,16H2,1H3,(H,17,18). The van der Waals surface area contributed by atoms with Crippen LogP contribution in [0.3, 0.4) is 0 Å². The summed E-state index contributed by atoms with van der Waals surface area (Å²) in [5, 5.41) is 13.2. The lowest BCUT2D eigenvalue weighted by atomic mass is 9.71. The van der Waals surface area contributed by atoms with E-state index in [9.17, 15) is 9.90 Å². The molecule has 4 N–H and O–H groups in total. The Hall–Kier alpha value is -0.650. The van der Waals surface area contributed by atoms with Crippen molar-refractivity contribution in [2.24, 2.45) is 11.1 Å². The minimum absolute atomic E-state index is 0.00451. The van der Waals surface area contributed by atoms with E-state index in [1.807, 2.05) is 6.92 Å². The molecule has 1 aliphatic carbocycles. The average Bonchev–Trinajstić information content (AvgIpc) is 2.78. The van der Waals surface area contributed by atoms with E-state index in [1.54, 1.807) is 0 Å². The van der Waals surface area contributed by atoms with Gasteiger partial charge in [-0.3, -0.25) is 4.79 Å². The lowest BCUT2D eigenvalue weighted by Gasteiger charge is -2.36. The predicted octanol–water partition coefficient (Wildman–Crippen LogP) is 0.942. The molecule has 0 aromatic carbocycles. The molecule has 1 saturated carbocycles. The van der Waals surface area contributed by atoms with Crippen LogP contribution in [-0.4, -0.2) is 42.4 Å². The fourth-order valence-electron chi connectivity index (χ4n) is 3.41. The smallest absolute Gasteiger partial charge is 0.220 e. The third-order valence-electron chi connectivity index (χ3n) is 5.13. The van der Waals surface area contributed by atoms with E-state index in [-0.39, 0.29) is 24.0 Å². The van der Waals surface area contributed by atoms with Crippen molar-refractivity contribution in [3.63, 3.8) is 0 Å². The van der Waals surface area contributed by atoms with Gasteiger partial charge in [-0.1, -0.05) is 19.3 Å². The zero-order valence-electron chi connectivity index (χ0n) is 12.5. The summed E-state index contributed by atoms with van der Waals surface area (Å²) < 4.78 is 5.37. The highest BCUT2D eigenvalue weighted by atomic mass is 16.5. The van der Waals surface area contributed by atoms with Crippen molar-refractivity contribution in [3.05, 3.63) is 0 Å². The van der Waals surface area contributed by atoms with E-state index in [0.29, 0.717) is 26.0 Å². The zero-order valence-corrected chi connectivity index (χ0v) is 12.5. The van der Waals surface area contributed by atoms with Gasteiger partial charge in [-0.05, 0) is 31.7 Å². The molecule has 0 aromatic rings. The second kappa shape index (κ2) is 6.41. The fourth-order valence-corrected chi connectivity index (χ4v) is 3.41. The minimum Gasteiger partial charge on any atom is -0.385 e. The van der Waals surface area contributed by atoms with Crippen LogP contribution >= 0.6 is 0 Å². The van der Waals surface area contributed by atoms with Crippen LogP contribution in [0.15, 0.2) is 0 Å². The van der Waals surface area contributed by atoms with Gasteiger partial charge in [-0.25, -0.2) is 0 Å². The van der Waals surface area contributed by atoms with E-state index in [4.69, 9.17) is 10.5 Å². The number of carbonyl (C=O) groups excluding carboxylic acids is 1. The van der Waals surface area contributed by atoms with E-state index < -0.39 is 5.60 Å². The first-order valence-electron chi connectivity index (χ1n) is 7.80. The minimum atomic E-state index is -0.919. The predicted molar refractivity (Wildman–Crippen MR) is 77.2 cm³/mol. The number of nitrogens with two attached hydrogens (primary N) is 1. The van der Waals surface area contributed by atoms with Gasteiger partial charge >= 0.3 is 0 Å². The molecule has 2 unspecified atom stereocenters. The van der Waals surface area contributed by atoms with Crippen molar-refractivity contribution in [3.8, 4) is 0 Å². The van der Waals surface area contributed by atoms with Gasteiger partial charge < -0.3 is 20.9 Å². The van der Waals surface area contributed by atoms with Crippen LogP contribution in [0, 0.1) is 5.41 Å². The van der Waals surface area contributed by atoms with Crippen LogP contribution in [0.25, 0.3) is 0 Å². The molecule has 0 radical (unpaired) electrons. The van der Waals surface area contributed by atoms with Gasteiger partial charge in [0.25, 0.3) is 0 Å². The number of nitrogens with one attached hydrogen (secondary N) is 1. The van der Waals surface area contributed by atoms with Gasteiger partial charge in [0.1, 0.15) is 5.60 Å². The number of ether oxygens (including phenoxy) is 1. The SMILES string of the molecule is CC1OCCC1(O)CNC(=O)CC1(CN)CCCCC1. The van der Waals surface area contributed by atoms with Crippen molar-refractivity contribution < 1.29 is 14.6 Å². The lowest BCUT2D eigenvalue weighted by molar-refractivity contribution is -0.125. The molecule has 0 aromatic heterocycles. The Bertz CT molecular complexity index is 342. The van der Waals surface area contributed by atoms with Crippen LogP contribution in [0.5, 0.6) is 0 Å². The van der Waals surface area contributed by atoms with Gasteiger partial charge in [-0.2, -0.15) is 0 Å². The van der Waals surface area contributed by atoms with Gasteiger partial charge in [0.15, 0.2) is 0 Å². The van der Waals surface area contributed by atoms with E-state index in [1.165, 1.54) is 19.3 Å². The Morgan fingerprint density at radius 3 is 2.60 bits per heavy atom. The molecule has 1 heterocycles. The topological polar surface area (TPSA) is 84.6 Å². The van der Waals surface area contributed by atoms with E-state index in [0.717, 1.165) is 12.8 Å². The molecule has 0 spiro atoms. The number of amides is 1. The quantitative estimate of drug-likeness (QED) is 0.701. The summed E-state index contributed by atoms with van der Waals surface area (Å²) in [7, 11) is 0. The summed E-state index contributed by atoms with van der Waals surface area (Å²) in [5.74, 6) is 0.00451. The summed E-state index contributed by atoms with van der Waals surface area (Å²) in [5.41, 5.74) is 4.96. The molecule has 5 heteroatoms. The summed E-state index contributed by atoms with van der Waals surface area (Å²) >= 11 is 0. The maximum atomic E-state index is 12.2. The van der Waals surface area contributed by atoms with Crippen LogP contribution in [0.4, 0.5) is 0 Å². The molecule has 2 aliphatic rings. The number of hydrogen-bond acceptors (Lipinski definition) is 4. The average molecular weight is 284 g/mol. The first-order chi connectivity index (χ1) is 9.50. The maximum absolute atomic E-state index is 12.2. The van der Waals surface area contributed by atoms with Crippen LogP contribution in [0.2, 0.25) is 0 Å². The molecule has 2 rings (SSSR count). The summed E-state index contributed by atoms with van der Waals surface area (Å²) in [6, 6.07) is 0. The summed E-state index contributed by atoms with van der Waals surface area (Å²) in [6.07, 6.45) is 6.50. The molecule has 1 saturated heterocycles. The largest absolute Gasteiger partial charge is 0.385 e. The van der Waals surface area contributed by atoms with Crippen molar-refractivity contribution in [1.82, 2.24) is 5.32 Å². The fraction of sp³-hybridized carbons (Fsp3) is 0.933. The number of rotatable bonds is 5. The van der Waals surface area contributed by atoms with E-state index >= 15 is 0 Å². The highest BCUT2D eigenvalue weighted by Gasteiger charge is 2.40. The third-order valence-corrected chi connectivity index (χ3v) is 5.13. The molecular weight excluding hydrogens is 256 g/mol. The number of hydrogen-bond donors (Lipinski definition) is 3. The summed E-state index contributed by atoms with van der Waals surface area (Å²) in [6.45, 7) is 3.25. The van der Waals surface area contributed by atoms with Gasteiger partial charge in [0.2, 0.25) is 5.91 Å². The normalized spacial score (nSPS) is 33.0. The lowest BCUT2D eigenvalue weighted by Crippen LogP contribution is -2.48. The molecule has 1 aliphatic heterocycles. The van der Waals surface area contributed by atoms with Gasteiger partial charge in [0, 0.05) is 26.0 Å². The van der Waals surface area contributed by atoms with Crippen LogP contribution in [-0.2, 0) is 9.53 Å². The van der Waals surface area contributed by atoms with Crippen molar-refractivity contribution in [1.29, 1.82) is 0 Å². The number of aliphatic hydroxyl groups is 1.